The van der Waals surface area contributed by atoms with E-state index in [1.807, 2.05) is 0 Å². The normalized spacial score (nSPS) is 35.8. The first-order valence-corrected chi connectivity index (χ1v) is 11.8. The van der Waals surface area contributed by atoms with Crippen LogP contribution < -0.4 is 0 Å². The maximum atomic E-state index is 2.57. The summed E-state index contributed by atoms with van der Waals surface area (Å²) in [7, 11) is 0. The summed E-state index contributed by atoms with van der Waals surface area (Å²) in [5, 5.41) is 0. The van der Waals surface area contributed by atoms with Gasteiger partial charge < -0.3 is 0 Å². The van der Waals surface area contributed by atoms with Crippen molar-refractivity contribution in [1.82, 2.24) is 0 Å². The molecule has 0 aromatic rings. The summed E-state index contributed by atoms with van der Waals surface area (Å²) in [6.07, 6.45) is 17.4. The van der Waals surface area contributed by atoms with Crippen LogP contribution in [0.4, 0.5) is 0 Å². The molecule has 0 N–H and O–H groups in total. The molecule has 2 fully saturated rings. The van der Waals surface area contributed by atoms with E-state index in [0.29, 0.717) is 21.7 Å². The minimum absolute atomic E-state index is 0.534. The number of rotatable bonds is 3. The predicted octanol–water partition coefficient (Wildman–Crippen LogP) is 9.03. The molecule has 0 heteroatoms. The van der Waals surface area contributed by atoms with E-state index in [2.05, 4.69) is 55.4 Å². The fourth-order valence-corrected chi connectivity index (χ4v) is 6.67. The molecule has 154 valence electrons. The highest BCUT2D eigenvalue weighted by atomic mass is 14.4. The lowest BCUT2D eigenvalue weighted by atomic mass is 9.63. The summed E-state index contributed by atoms with van der Waals surface area (Å²) in [5.74, 6) is 1.96. The molecule has 0 bridgehead atoms. The summed E-state index contributed by atoms with van der Waals surface area (Å²) >= 11 is 0. The summed E-state index contributed by atoms with van der Waals surface area (Å²) in [6, 6.07) is 0. The van der Waals surface area contributed by atoms with E-state index in [1.54, 1.807) is 0 Å². The summed E-state index contributed by atoms with van der Waals surface area (Å²) in [5.41, 5.74) is 2.18. The Labute approximate surface area is 166 Å². The Morgan fingerprint density at radius 1 is 0.577 bits per heavy atom. The van der Waals surface area contributed by atoms with Crippen LogP contribution in [-0.2, 0) is 0 Å². The molecule has 0 aromatic heterocycles. The van der Waals surface area contributed by atoms with E-state index >= 15 is 0 Å². The highest BCUT2D eigenvalue weighted by molar-refractivity contribution is 4.88. The molecule has 0 heterocycles. The zero-order valence-electron chi connectivity index (χ0n) is 19.6. The van der Waals surface area contributed by atoms with Crippen molar-refractivity contribution >= 4 is 0 Å². The molecule has 0 aromatic carbocycles. The van der Waals surface area contributed by atoms with Gasteiger partial charge in [-0.05, 0) is 104 Å². The van der Waals surface area contributed by atoms with Gasteiger partial charge in [0.05, 0.1) is 0 Å². The van der Waals surface area contributed by atoms with Crippen molar-refractivity contribution < 1.29 is 0 Å². The van der Waals surface area contributed by atoms with Gasteiger partial charge in [-0.3, -0.25) is 0 Å². The third-order valence-corrected chi connectivity index (χ3v) is 8.23. The van der Waals surface area contributed by atoms with Crippen molar-refractivity contribution in [2.45, 2.75) is 132 Å². The standard InChI is InChI=1S/C26H50/c1-9-26(8)17-13-22(12-16-25(6,7)20-26)18-21-10-14-23(2,3)19-24(4,5)15-11-21/h21-22H,9-20H2,1-8H3. The van der Waals surface area contributed by atoms with Crippen LogP contribution in [0.2, 0.25) is 0 Å². The first-order valence-electron chi connectivity index (χ1n) is 11.8. The van der Waals surface area contributed by atoms with Crippen molar-refractivity contribution in [1.29, 1.82) is 0 Å². The van der Waals surface area contributed by atoms with E-state index in [9.17, 15) is 0 Å². The number of hydrogen-bond acceptors (Lipinski definition) is 0. The van der Waals surface area contributed by atoms with Gasteiger partial charge in [-0.15, -0.1) is 0 Å². The Kier molecular flexibility index (Phi) is 7.00. The monoisotopic (exact) mass is 362 g/mol. The molecule has 0 radical (unpaired) electrons. The van der Waals surface area contributed by atoms with E-state index in [4.69, 9.17) is 0 Å². The Balaban J connectivity index is 2.01. The molecule has 0 nitrogen and oxygen atoms in total. The Morgan fingerprint density at radius 3 is 1.38 bits per heavy atom. The molecule has 2 atom stereocenters. The maximum Gasteiger partial charge on any atom is -0.0323 e. The Hall–Kier alpha value is 0. The first kappa shape index (κ1) is 22.3. The quantitative estimate of drug-likeness (QED) is 0.469. The second-order valence-electron chi connectivity index (χ2n) is 13.1. The third kappa shape index (κ3) is 6.87. The highest BCUT2D eigenvalue weighted by Gasteiger charge is 2.36. The van der Waals surface area contributed by atoms with E-state index in [1.165, 1.54) is 77.0 Å². The molecule has 0 spiro atoms. The van der Waals surface area contributed by atoms with Crippen LogP contribution in [0.5, 0.6) is 0 Å². The molecule has 0 aliphatic heterocycles. The van der Waals surface area contributed by atoms with Crippen molar-refractivity contribution in [3.8, 4) is 0 Å². The fourth-order valence-electron chi connectivity index (χ4n) is 6.67. The predicted molar refractivity (Wildman–Crippen MR) is 118 cm³/mol. The molecule has 2 unspecified atom stereocenters. The molecule has 2 saturated carbocycles. The average Bonchev–Trinajstić information content (AvgIpc) is 2.48. The topological polar surface area (TPSA) is 0 Å². The van der Waals surface area contributed by atoms with Gasteiger partial charge in [-0.25, -0.2) is 0 Å². The zero-order chi connectivity index (χ0) is 19.6. The lowest BCUT2D eigenvalue weighted by Gasteiger charge is -2.43. The molecule has 0 saturated heterocycles. The van der Waals surface area contributed by atoms with Gasteiger partial charge in [0.15, 0.2) is 0 Å². The summed E-state index contributed by atoms with van der Waals surface area (Å²) in [4.78, 5) is 0. The van der Waals surface area contributed by atoms with Crippen molar-refractivity contribution in [2.24, 2.45) is 33.5 Å². The highest BCUT2D eigenvalue weighted by Crippen LogP contribution is 2.49. The molecular formula is C26H50. The molecule has 2 aliphatic carbocycles. The van der Waals surface area contributed by atoms with Gasteiger partial charge in [0.1, 0.15) is 0 Å². The van der Waals surface area contributed by atoms with E-state index < -0.39 is 0 Å². The SMILES string of the molecule is CCC1(C)CCC(CC2CCC(C)(C)CC(C)(C)CC2)CCC(C)(C)C1. The Morgan fingerprint density at radius 2 is 0.962 bits per heavy atom. The van der Waals surface area contributed by atoms with Gasteiger partial charge >= 0.3 is 0 Å². The minimum Gasteiger partial charge on any atom is -0.0649 e. The van der Waals surface area contributed by atoms with Gasteiger partial charge in [-0.1, -0.05) is 61.8 Å². The fraction of sp³-hybridized carbons (Fsp3) is 1.00. The lowest BCUT2D eigenvalue weighted by molar-refractivity contribution is 0.0884. The van der Waals surface area contributed by atoms with Crippen molar-refractivity contribution in [3.05, 3.63) is 0 Å². The van der Waals surface area contributed by atoms with Crippen molar-refractivity contribution in [2.75, 3.05) is 0 Å². The van der Waals surface area contributed by atoms with Crippen molar-refractivity contribution in [3.63, 3.8) is 0 Å². The molecule has 26 heavy (non-hydrogen) atoms. The van der Waals surface area contributed by atoms with E-state index in [-0.39, 0.29) is 0 Å². The average molecular weight is 363 g/mol. The Bertz CT molecular complexity index is 423. The van der Waals surface area contributed by atoms with Crippen LogP contribution in [0.25, 0.3) is 0 Å². The molecule has 2 rings (SSSR count). The lowest BCUT2D eigenvalue weighted by Crippen LogP contribution is -2.30. The molecular weight excluding hydrogens is 312 g/mol. The molecule has 0 amide bonds. The van der Waals surface area contributed by atoms with Crippen LogP contribution in [0.15, 0.2) is 0 Å². The van der Waals surface area contributed by atoms with Gasteiger partial charge in [0.2, 0.25) is 0 Å². The van der Waals surface area contributed by atoms with Crippen LogP contribution in [0, 0.1) is 33.5 Å². The first-order chi connectivity index (χ1) is 11.8. The largest absolute Gasteiger partial charge is 0.0649 e. The second-order valence-corrected chi connectivity index (χ2v) is 13.1. The zero-order valence-corrected chi connectivity index (χ0v) is 19.6. The summed E-state index contributed by atoms with van der Waals surface area (Å²) in [6.45, 7) is 20.1. The third-order valence-electron chi connectivity index (χ3n) is 8.23. The van der Waals surface area contributed by atoms with Crippen LogP contribution in [-0.4, -0.2) is 0 Å². The smallest absolute Gasteiger partial charge is 0.0323 e. The summed E-state index contributed by atoms with van der Waals surface area (Å²) < 4.78 is 0. The van der Waals surface area contributed by atoms with Crippen LogP contribution in [0.1, 0.15) is 132 Å². The van der Waals surface area contributed by atoms with Crippen LogP contribution in [0.3, 0.4) is 0 Å². The van der Waals surface area contributed by atoms with Gasteiger partial charge in [0.25, 0.3) is 0 Å². The molecule has 2 aliphatic rings. The van der Waals surface area contributed by atoms with E-state index in [0.717, 1.165) is 11.8 Å². The number of hydrogen-bond donors (Lipinski definition) is 0. The van der Waals surface area contributed by atoms with Gasteiger partial charge in [-0.2, -0.15) is 0 Å². The van der Waals surface area contributed by atoms with Gasteiger partial charge in [0, 0.05) is 0 Å². The second kappa shape index (κ2) is 8.16. The minimum atomic E-state index is 0.534. The van der Waals surface area contributed by atoms with Crippen LogP contribution >= 0.6 is 0 Å². The maximum absolute atomic E-state index is 2.57.